The van der Waals surface area contributed by atoms with Crippen molar-refractivity contribution in [3.63, 3.8) is 0 Å². The second-order valence-electron chi connectivity index (χ2n) is 3.77. The quantitative estimate of drug-likeness (QED) is 0.645. The van der Waals surface area contributed by atoms with Crippen molar-refractivity contribution < 1.29 is 0 Å². The largest absolute Gasteiger partial charge is 0.149 e. The van der Waals surface area contributed by atoms with Crippen molar-refractivity contribution in [1.82, 2.24) is 0 Å². The molecule has 0 fully saturated rings. The van der Waals surface area contributed by atoms with Crippen LogP contribution in [-0.4, -0.2) is 0 Å². The third-order valence-electron chi connectivity index (χ3n) is 2.39. The molecular formula is C13H14S. The molecule has 0 N–H and O–H groups in total. The highest BCUT2D eigenvalue weighted by Crippen LogP contribution is 2.28. The fourth-order valence-electron chi connectivity index (χ4n) is 1.81. The molecule has 0 aliphatic heterocycles. The standard InChI is InChI=1S/C13H14S/c1-9-6-10(2)8-12(7-9)13-4-5-14-11(13)3/h4-8H,1-3H3. The Morgan fingerprint density at radius 3 is 2.07 bits per heavy atom. The van der Waals surface area contributed by atoms with Gasteiger partial charge in [-0.25, -0.2) is 0 Å². The van der Waals surface area contributed by atoms with Crippen molar-refractivity contribution in [2.45, 2.75) is 20.8 Å². The van der Waals surface area contributed by atoms with Crippen LogP contribution in [0.25, 0.3) is 11.1 Å². The van der Waals surface area contributed by atoms with Gasteiger partial charge >= 0.3 is 0 Å². The van der Waals surface area contributed by atoms with Crippen LogP contribution >= 0.6 is 11.3 Å². The summed E-state index contributed by atoms with van der Waals surface area (Å²) < 4.78 is 0. The lowest BCUT2D eigenvalue weighted by Crippen LogP contribution is -1.82. The minimum Gasteiger partial charge on any atom is -0.149 e. The summed E-state index contributed by atoms with van der Waals surface area (Å²) in [6, 6.07) is 8.92. The van der Waals surface area contributed by atoms with Crippen molar-refractivity contribution in [2.75, 3.05) is 0 Å². The number of thiophene rings is 1. The SMILES string of the molecule is Cc1cc(C)cc(-c2ccsc2C)c1. The molecule has 2 aromatic rings. The fraction of sp³-hybridized carbons (Fsp3) is 0.231. The Kier molecular flexibility index (Phi) is 2.42. The Labute approximate surface area is 89.2 Å². The summed E-state index contributed by atoms with van der Waals surface area (Å²) in [6.07, 6.45) is 0. The first-order valence-electron chi connectivity index (χ1n) is 4.79. The number of hydrogen-bond acceptors (Lipinski definition) is 1. The van der Waals surface area contributed by atoms with Crippen LogP contribution in [-0.2, 0) is 0 Å². The van der Waals surface area contributed by atoms with E-state index >= 15 is 0 Å². The summed E-state index contributed by atoms with van der Waals surface area (Å²) >= 11 is 1.81. The van der Waals surface area contributed by atoms with E-state index in [4.69, 9.17) is 0 Å². The molecule has 14 heavy (non-hydrogen) atoms. The number of hydrogen-bond donors (Lipinski definition) is 0. The second kappa shape index (κ2) is 3.58. The average Bonchev–Trinajstić information content (AvgIpc) is 2.49. The summed E-state index contributed by atoms with van der Waals surface area (Å²) in [6.45, 7) is 6.48. The zero-order chi connectivity index (χ0) is 10.1. The van der Waals surface area contributed by atoms with Gasteiger partial charge < -0.3 is 0 Å². The van der Waals surface area contributed by atoms with Crippen LogP contribution in [0, 0.1) is 20.8 Å². The van der Waals surface area contributed by atoms with Gasteiger partial charge in [-0.05, 0) is 43.3 Å². The molecule has 0 spiro atoms. The van der Waals surface area contributed by atoms with E-state index in [0.717, 1.165) is 0 Å². The Hall–Kier alpha value is -1.08. The van der Waals surface area contributed by atoms with Gasteiger partial charge in [-0.1, -0.05) is 29.3 Å². The topological polar surface area (TPSA) is 0 Å². The van der Waals surface area contributed by atoms with Crippen LogP contribution < -0.4 is 0 Å². The van der Waals surface area contributed by atoms with E-state index in [1.807, 2.05) is 11.3 Å². The Balaban J connectivity index is 2.57. The van der Waals surface area contributed by atoms with Crippen LogP contribution in [0.4, 0.5) is 0 Å². The van der Waals surface area contributed by atoms with Gasteiger partial charge in [0.1, 0.15) is 0 Å². The molecule has 0 saturated heterocycles. The van der Waals surface area contributed by atoms with Gasteiger partial charge in [0.2, 0.25) is 0 Å². The zero-order valence-corrected chi connectivity index (χ0v) is 9.61. The number of aryl methyl sites for hydroxylation is 3. The molecule has 0 aliphatic carbocycles. The van der Waals surface area contributed by atoms with Gasteiger partial charge in [0, 0.05) is 4.88 Å². The maximum absolute atomic E-state index is 2.25. The third-order valence-corrected chi connectivity index (χ3v) is 3.24. The fourth-order valence-corrected chi connectivity index (χ4v) is 2.54. The van der Waals surface area contributed by atoms with Gasteiger partial charge in [-0.3, -0.25) is 0 Å². The molecule has 0 nitrogen and oxygen atoms in total. The highest BCUT2D eigenvalue weighted by molar-refractivity contribution is 7.10. The Morgan fingerprint density at radius 1 is 0.929 bits per heavy atom. The van der Waals surface area contributed by atoms with Crippen molar-refractivity contribution in [2.24, 2.45) is 0 Å². The van der Waals surface area contributed by atoms with E-state index < -0.39 is 0 Å². The third kappa shape index (κ3) is 1.73. The summed E-state index contributed by atoms with van der Waals surface area (Å²) in [7, 11) is 0. The van der Waals surface area contributed by atoms with E-state index in [0.29, 0.717) is 0 Å². The Morgan fingerprint density at radius 2 is 1.57 bits per heavy atom. The normalized spacial score (nSPS) is 10.5. The van der Waals surface area contributed by atoms with Crippen molar-refractivity contribution in [3.05, 3.63) is 45.6 Å². The highest BCUT2D eigenvalue weighted by Gasteiger charge is 2.03. The van der Waals surface area contributed by atoms with Crippen LogP contribution in [0.2, 0.25) is 0 Å². The average molecular weight is 202 g/mol. The molecule has 72 valence electrons. The maximum Gasteiger partial charge on any atom is 0.00925 e. The minimum absolute atomic E-state index is 1.34. The zero-order valence-electron chi connectivity index (χ0n) is 8.79. The van der Waals surface area contributed by atoms with Gasteiger partial charge in [0.05, 0.1) is 0 Å². The van der Waals surface area contributed by atoms with Crippen molar-refractivity contribution in [3.8, 4) is 11.1 Å². The van der Waals surface area contributed by atoms with Crippen LogP contribution in [0.3, 0.4) is 0 Å². The van der Waals surface area contributed by atoms with Crippen LogP contribution in [0.15, 0.2) is 29.6 Å². The van der Waals surface area contributed by atoms with Gasteiger partial charge in [-0.2, -0.15) is 0 Å². The summed E-state index contributed by atoms with van der Waals surface area (Å²) in [4.78, 5) is 1.40. The molecule has 1 aromatic carbocycles. The second-order valence-corrected chi connectivity index (χ2v) is 4.89. The lowest BCUT2D eigenvalue weighted by Gasteiger charge is -2.04. The molecule has 0 saturated carbocycles. The van der Waals surface area contributed by atoms with Crippen molar-refractivity contribution in [1.29, 1.82) is 0 Å². The lowest BCUT2D eigenvalue weighted by atomic mass is 10.0. The Bertz CT molecular complexity index is 432. The summed E-state index contributed by atoms with van der Waals surface area (Å²) in [5, 5.41) is 2.16. The van der Waals surface area contributed by atoms with Crippen LogP contribution in [0.5, 0.6) is 0 Å². The van der Waals surface area contributed by atoms with Gasteiger partial charge in [0.25, 0.3) is 0 Å². The summed E-state index contributed by atoms with van der Waals surface area (Å²) in [5.41, 5.74) is 5.40. The molecular weight excluding hydrogens is 188 g/mol. The minimum atomic E-state index is 1.34. The first-order valence-corrected chi connectivity index (χ1v) is 5.67. The van der Waals surface area contributed by atoms with Crippen LogP contribution in [0.1, 0.15) is 16.0 Å². The van der Waals surface area contributed by atoms with Gasteiger partial charge in [-0.15, -0.1) is 11.3 Å². The molecule has 0 unspecified atom stereocenters. The van der Waals surface area contributed by atoms with E-state index in [-0.39, 0.29) is 0 Å². The lowest BCUT2D eigenvalue weighted by molar-refractivity contribution is 1.38. The van der Waals surface area contributed by atoms with E-state index in [1.54, 1.807) is 0 Å². The van der Waals surface area contributed by atoms with Crippen molar-refractivity contribution >= 4 is 11.3 Å². The first-order chi connectivity index (χ1) is 6.66. The van der Waals surface area contributed by atoms with E-state index in [9.17, 15) is 0 Å². The first kappa shape index (κ1) is 9.47. The summed E-state index contributed by atoms with van der Waals surface area (Å²) in [5.74, 6) is 0. The molecule has 2 rings (SSSR count). The van der Waals surface area contributed by atoms with Gasteiger partial charge in [0.15, 0.2) is 0 Å². The molecule has 1 heterocycles. The smallest absolute Gasteiger partial charge is 0.00925 e. The highest BCUT2D eigenvalue weighted by atomic mass is 32.1. The molecule has 0 aliphatic rings. The monoisotopic (exact) mass is 202 g/mol. The molecule has 0 radical (unpaired) electrons. The number of rotatable bonds is 1. The molecule has 0 atom stereocenters. The molecule has 1 aromatic heterocycles. The predicted molar refractivity (Wildman–Crippen MR) is 64.0 cm³/mol. The van der Waals surface area contributed by atoms with E-state index in [1.165, 1.54) is 27.1 Å². The molecule has 1 heteroatoms. The molecule has 0 amide bonds. The molecule has 0 bridgehead atoms. The maximum atomic E-state index is 2.25. The predicted octanol–water partition coefficient (Wildman–Crippen LogP) is 4.34. The number of benzene rings is 1. The van der Waals surface area contributed by atoms with E-state index in [2.05, 4.69) is 50.4 Å².